The lowest BCUT2D eigenvalue weighted by Crippen LogP contribution is -2.30. The van der Waals surface area contributed by atoms with Gasteiger partial charge < -0.3 is 4.74 Å². The van der Waals surface area contributed by atoms with Gasteiger partial charge in [-0.25, -0.2) is 13.1 Å². The first-order chi connectivity index (χ1) is 10.1. The number of fused-ring (bicyclic) bond motifs is 1. The average Bonchev–Trinajstić information content (AvgIpc) is 2.93. The lowest BCUT2D eigenvalue weighted by atomic mass is 9.93. The molecule has 6 heteroatoms. The molecule has 1 N–H and O–H groups in total. The van der Waals surface area contributed by atoms with E-state index in [1.54, 1.807) is 6.07 Å². The van der Waals surface area contributed by atoms with E-state index in [0.717, 1.165) is 22.6 Å². The molecule has 0 radical (unpaired) electrons. The number of rotatable bonds is 4. The van der Waals surface area contributed by atoms with E-state index in [1.165, 1.54) is 11.3 Å². The third-order valence-electron chi connectivity index (χ3n) is 3.58. The molecule has 0 spiro atoms. The van der Waals surface area contributed by atoms with Gasteiger partial charge in [0.2, 0.25) is 10.0 Å². The molecule has 2 aromatic rings. The molecule has 112 valence electrons. The molecule has 21 heavy (non-hydrogen) atoms. The quantitative estimate of drug-likeness (QED) is 0.941. The monoisotopic (exact) mass is 323 g/mol. The SMILES string of the molecule is Cc1ccc(S(=O)(=O)NCC2CCOc3ccccc32)s1. The highest BCUT2D eigenvalue weighted by molar-refractivity contribution is 7.91. The fourth-order valence-electron chi connectivity index (χ4n) is 2.47. The van der Waals surface area contributed by atoms with Gasteiger partial charge in [-0.2, -0.15) is 0 Å². The minimum Gasteiger partial charge on any atom is -0.493 e. The van der Waals surface area contributed by atoms with Gasteiger partial charge in [0, 0.05) is 17.3 Å². The van der Waals surface area contributed by atoms with Crippen LogP contribution in [0.15, 0.2) is 40.6 Å². The molecule has 0 bridgehead atoms. The van der Waals surface area contributed by atoms with Gasteiger partial charge >= 0.3 is 0 Å². The fraction of sp³-hybridized carbons (Fsp3) is 0.333. The summed E-state index contributed by atoms with van der Waals surface area (Å²) in [5.74, 6) is 1.02. The molecule has 1 aromatic heterocycles. The van der Waals surface area contributed by atoms with Crippen molar-refractivity contribution in [2.24, 2.45) is 0 Å². The lowest BCUT2D eigenvalue weighted by Gasteiger charge is -2.25. The molecule has 0 aliphatic carbocycles. The Morgan fingerprint density at radius 1 is 1.29 bits per heavy atom. The smallest absolute Gasteiger partial charge is 0.250 e. The van der Waals surface area contributed by atoms with Gasteiger partial charge in [-0.15, -0.1) is 11.3 Å². The lowest BCUT2D eigenvalue weighted by molar-refractivity contribution is 0.267. The minimum absolute atomic E-state index is 0.158. The molecule has 0 saturated heterocycles. The van der Waals surface area contributed by atoms with Crippen molar-refractivity contribution in [3.8, 4) is 5.75 Å². The summed E-state index contributed by atoms with van der Waals surface area (Å²) in [5, 5.41) is 0. The van der Waals surface area contributed by atoms with Gasteiger partial charge in [-0.3, -0.25) is 0 Å². The van der Waals surface area contributed by atoms with Gasteiger partial charge in [-0.1, -0.05) is 18.2 Å². The van der Waals surface area contributed by atoms with E-state index in [4.69, 9.17) is 4.74 Å². The van der Waals surface area contributed by atoms with E-state index in [1.807, 2.05) is 37.3 Å². The topological polar surface area (TPSA) is 55.4 Å². The zero-order valence-corrected chi connectivity index (χ0v) is 13.3. The molecule has 0 amide bonds. The number of para-hydroxylation sites is 1. The molecule has 1 atom stereocenters. The van der Waals surface area contributed by atoms with Gasteiger partial charge in [0.15, 0.2) is 0 Å². The molecular weight excluding hydrogens is 306 g/mol. The number of aryl methyl sites for hydroxylation is 1. The largest absolute Gasteiger partial charge is 0.493 e. The first-order valence-electron chi connectivity index (χ1n) is 6.84. The van der Waals surface area contributed by atoms with Crippen LogP contribution in [0.2, 0.25) is 0 Å². The summed E-state index contributed by atoms with van der Waals surface area (Å²) in [5.41, 5.74) is 1.08. The van der Waals surface area contributed by atoms with E-state index in [9.17, 15) is 8.42 Å². The maximum absolute atomic E-state index is 12.3. The Labute approximate surface area is 128 Å². The van der Waals surface area contributed by atoms with Gasteiger partial charge in [0.1, 0.15) is 9.96 Å². The predicted octanol–water partition coefficient (Wildman–Crippen LogP) is 2.90. The summed E-state index contributed by atoms with van der Waals surface area (Å²) in [4.78, 5) is 0.992. The second-order valence-electron chi connectivity index (χ2n) is 5.09. The molecular formula is C15H17NO3S2. The van der Waals surface area contributed by atoms with Crippen LogP contribution in [-0.2, 0) is 10.0 Å². The number of nitrogens with one attached hydrogen (secondary N) is 1. The van der Waals surface area contributed by atoms with Crippen molar-refractivity contribution in [1.82, 2.24) is 4.72 Å². The zero-order valence-electron chi connectivity index (χ0n) is 11.7. The molecule has 0 fully saturated rings. The standard InChI is InChI=1S/C15H17NO3S2/c1-11-6-7-15(20-11)21(17,18)16-10-12-8-9-19-14-5-3-2-4-13(12)14/h2-7,12,16H,8-10H2,1H3. The Morgan fingerprint density at radius 3 is 2.86 bits per heavy atom. The Kier molecular flexibility index (Phi) is 4.01. The Morgan fingerprint density at radius 2 is 2.10 bits per heavy atom. The maximum atomic E-state index is 12.3. The number of thiophene rings is 1. The normalized spacial score (nSPS) is 18.0. The summed E-state index contributed by atoms with van der Waals surface area (Å²) in [7, 11) is -3.41. The van der Waals surface area contributed by atoms with Crippen molar-refractivity contribution in [1.29, 1.82) is 0 Å². The third kappa shape index (κ3) is 3.12. The van der Waals surface area contributed by atoms with Crippen molar-refractivity contribution < 1.29 is 13.2 Å². The van der Waals surface area contributed by atoms with Crippen LogP contribution < -0.4 is 9.46 Å². The molecule has 2 heterocycles. The molecule has 0 saturated carbocycles. The van der Waals surface area contributed by atoms with Crippen molar-refractivity contribution in [3.05, 3.63) is 46.8 Å². The van der Waals surface area contributed by atoms with Gasteiger partial charge in [-0.05, 0) is 37.1 Å². The van der Waals surface area contributed by atoms with Crippen molar-refractivity contribution in [3.63, 3.8) is 0 Å². The van der Waals surface area contributed by atoms with Crippen LogP contribution in [0.4, 0.5) is 0 Å². The van der Waals surface area contributed by atoms with E-state index < -0.39 is 10.0 Å². The van der Waals surface area contributed by atoms with Crippen LogP contribution in [0.1, 0.15) is 22.8 Å². The molecule has 1 aliphatic rings. The summed E-state index contributed by atoms with van der Waals surface area (Å²) < 4.78 is 33.2. The number of sulfonamides is 1. The first-order valence-corrected chi connectivity index (χ1v) is 9.14. The molecule has 1 aromatic carbocycles. The molecule has 1 unspecified atom stereocenters. The van der Waals surface area contributed by atoms with Crippen molar-refractivity contribution in [2.75, 3.05) is 13.2 Å². The Balaban J connectivity index is 1.74. The van der Waals surface area contributed by atoms with Gasteiger partial charge in [0.05, 0.1) is 6.61 Å². The zero-order chi connectivity index (χ0) is 14.9. The third-order valence-corrected chi connectivity index (χ3v) is 6.50. The van der Waals surface area contributed by atoms with Crippen LogP contribution in [0.25, 0.3) is 0 Å². The van der Waals surface area contributed by atoms with E-state index in [2.05, 4.69) is 4.72 Å². The number of hydrogen-bond donors (Lipinski definition) is 1. The highest BCUT2D eigenvalue weighted by Gasteiger charge is 2.24. The Hall–Kier alpha value is -1.37. The second kappa shape index (κ2) is 5.79. The summed E-state index contributed by atoms with van der Waals surface area (Å²) in [6.07, 6.45) is 0.822. The number of hydrogen-bond acceptors (Lipinski definition) is 4. The van der Waals surface area contributed by atoms with E-state index in [0.29, 0.717) is 17.4 Å². The summed E-state index contributed by atoms with van der Waals surface area (Å²) in [6, 6.07) is 11.3. The van der Waals surface area contributed by atoms with E-state index >= 15 is 0 Å². The minimum atomic E-state index is -3.41. The van der Waals surface area contributed by atoms with Crippen LogP contribution in [0.5, 0.6) is 5.75 Å². The van der Waals surface area contributed by atoms with Crippen LogP contribution in [-0.4, -0.2) is 21.6 Å². The molecule has 4 nitrogen and oxygen atoms in total. The van der Waals surface area contributed by atoms with Crippen LogP contribution in [0, 0.1) is 6.92 Å². The highest BCUT2D eigenvalue weighted by atomic mass is 32.2. The van der Waals surface area contributed by atoms with Crippen LogP contribution >= 0.6 is 11.3 Å². The number of benzene rings is 1. The van der Waals surface area contributed by atoms with E-state index in [-0.39, 0.29) is 5.92 Å². The van der Waals surface area contributed by atoms with Crippen molar-refractivity contribution in [2.45, 2.75) is 23.5 Å². The average molecular weight is 323 g/mol. The molecule has 1 aliphatic heterocycles. The summed E-state index contributed by atoms with van der Waals surface area (Å²) >= 11 is 1.29. The highest BCUT2D eigenvalue weighted by Crippen LogP contribution is 2.33. The Bertz CT molecular complexity index is 737. The summed E-state index contributed by atoms with van der Waals surface area (Å²) in [6.45, 7) is 2.93. The predicted molar refractivity (Wildman–Crippen MR) is 83.5 cm³/mol. The fourth-order valence-corrected chi connectivity index (χ4v) is 4.88. The second-order valence-corrected chi connectivity index (χ2v) is 8.37. The number of ether oxygens (including phenoxy) is 1. The van der Waals surface area contributed by atoms with Gasteiger partial charge in [0.25, 0.3) is 0 Å². The first kappa shape index (κ1) is 14.6. The van der Waals surface area contributed by atoms with Crippen molar-refractivity contribution >= 4 is 21.4 Å². The van der Waals surface area contributed by atoms with Crippen LogP contribution in [0.3, 0.4) is 0 Å². The maximum Gasteiger partial charge on any atom is 0.250 e. The molecule has 3 rings (SSSR count).